The van der Waals surface area contributed by atoms with Crippen LogP contribution in [0.5, 0.6) is 0 Å². The number of nitrogens with one attached hydrogen (secondary N) is 1. The molecule has 1 aromatic heterocycles. The van der Waals surface area contributed by atoms with Crippen LogP contribution < -0.4 is 5.32 Å². The van der Waals surface area contributed by atoms with E-state index < -0.39 is 0 Å². The van der Waals surface area contributed by atoms with Crippen molar-refractivity contribution in [1.82, 2.24) is 10.3 Å². The Labute approximate surface area is 116 Å². The lowest BCUT2D eigenvalue weighted by Crippen LogP contribution is -2.21. The summed E-state index contributed by atoms with van der Waals surface area (Å²) in [6, 6.07) is 2.40. The predicted octanol–water partition coefficient (Wildman–Crippen LogP) is 4.75. The summed E-state index contributed by atoms with van der Waals surface area (Å²) < 4.78 is 0. The molecule has 0 bridgehead atoms. The molecular weight excluding hydrogens is 244 g/mol. The Morgan fingerprint density at radius 2 is 2.00 bits per heavy atom. The van der Waals surface area contributed by atoms with E-state index in [2.05, 4.69) is 24.1 Å². The summed E-state index contributed by atoms with van der Waals surface area (Å²) in [7, 11) is 0. The lowest BCUT2D eigenvalue weighted by Gasteiger charge is -2.19. The van der Waals surface area contributed by atoms with E-state index in [1.54, 1.807) is 6.20 Å². The van der Waals surface area contributed by atoms with Gasteiger partial charge in [0.2, 0.25) is 0 Å². The molecule has 0 aliphatic heterocycles. The van der Waals surface area contributed by atoms with E-state index >= 15 is 0 Å². The Kier molecular flexibility index (Phi) is 8.03. The number of halogens is 1. The van der Waals surface area contributed by atoms with E-state index in [0.717, 1.165) is 18.0 Å². The zero-order valence-corrected chi connectivity index (χ0v) is 12.3. The van der Waals surface area contributed by atoms with Gasteiger partial charge in [-0.15, -0.1) is 0 Å². The summed E-state index contributed by atoms with van der Waals surface area (Å²) in [5, 5.41) is 4.29. The average molecular weight is 269 g/mol. The molecule has 0 aliphatic rings. The van der Waals surface area contributed by atoms with Gasteiger partial charge in [0.15, 0.2) is 0 Å². The van der Waals surface area contributed by atoms with Crippen molar-refractivity contribution in [3.05, 3.63) is 29.0 Å². The number of hydrogen-bond acceptors (Lipinski definition) is 2. The lowest BCUT2D eigenvalue weighted by molar-refractivity contribution is 0.478. The molecule has 0 saturated carbocycles. The van der Waals surface area contributed by atoms with Crippen molar-refractivity contribution in [2.45, 2.75) is 58.4 Å². The Morgan fingerprint density at radius 3 is 2.67 bits per heavy atom. The van der Waals surface area contributed by atoms with Crippen LogP contribution in [0.1, 0.15) is 64.0 Å². The molecule has 1 rings (SSSR count). The smallest absolute Gasteiger partial charge is 0.0637 e. The summed E-state index contributed by atoms with van der Waals surface area (Å²) in [5.74, 6) is 0. The summed E-state index contributed by atoms with van der Waals surface area (Å²) in [6.45, 7) is 5.36. The van der Waals surface area contributed by atoms with Gasteiger partial charge in [0.1, 0.15) is 0 Å². The monoisotopic (exact) mass is 268 g/mol. The van der Waals surface area contributed by atoms with E-state index in [1.807, 2.05) is 12.3 Å². The van der Waals surface area contributed by atoms with Crippen molar-refractivity contribution < 1.29 is 0 Å². The van der Waals surface area contributed by atoms with Crippen LogP contribution in [-0.2, 0) is 0 Å². The topological polar surface area (TPSA) is 24.9 Å². The highest BCUT2D eigenvalue weighted by atomic mass is 35.5. The quantitative estimate of drug-likeness (QED) is 0.654. The van der Waals surface area contributed by atoms with Gasteiger partial charge in [-0.25, -0.2) is 0 Å². The zero-order chi connectivity index (χ0) is 13.2. The molecule has 1 aromatic rings. The van der Waals surface area contributed by atoms with E-state index in [0.29, 0.717) is 6.04 Å². The van der Waals surface area contributed by atoms with Crippen LogP contribution in [0.15, 0.2) is 18.5 Å². The molecule has 1 unspecified atom stereocenters. The van der Waals surface area contributed by atoms with Crippen molar-refractivity contribution >= 4 is 11.6 Å². The Bertz CT molecular complexity index is 328. The van der Waals surface area contributed by atoms with Crippen molar-refractivity contribution in [1.29, 1.82) is 0 Å². The molecule has 1 N–H and O–H groups in total. The molecule has 0 radical (unpaired) electrons. The molecule has 102 valence electrons. The van der Waals surface area contributed by atoms with Gasteiger partial charge in [-0.05, 0) is 24.6 Å². The van der Waals surface area contributed by atoms with Gasteiger partial charge in [0.05, 0.1) is 5.02 Å². The second kappa shape index (κ2) is 9.35. The molecule has 1 atom stereocenters. The summed E-state index contributed by atoms with van der Waals surface area (Å²) in [5.41, 5.74) is 1.18. The number of aromatic nitrogens is 1. The highest BCUT2D eigenvalue weighted by molar-refractivity contribution is 6.31. The van der Waals surface area contributed by atoms with E-state index in [1.165, 1.54) is 37.7 Å². The molecule has 3 heteroatoms. The zero-order valence-electron chi connectivity index (χ0n) is 11.6. The first-order chi connectivity index (χ1) is 8.79. The molecule has 0 amide bonds. The Morgan fingerprint density at radius 1 is 1.22 bits per heavy atom. The molecular formula is C15H25ClN2. The van der Waals surface area contributed by atoms with Crippen LogP contribution in [0.3, 0.4) is 0 Å². The van der Waals surface area contributed by atoms with Crippen LogP contribution in [0.25, 0.3) is 0 Å². The van der Waals surface area contributed by atoms with Gasteiger partial charge in [-0.3, -0.25) is 4.98 Å². The van der Waals surface area contributed by atoms with Gasteiger partial charge in [0.25, 0.3) is 0 Å². The van der Waals surface area contributed by atoms with Gasteiger partial charge in [0, 0.05) is 18.4 Å². The fourth-order valence-corrected chi connectivity index (χ4v) is 2.49. The number of unbranched alkanes of at least 4 members (excludes halogenated alkanes) is 4. The first kappa shape index (κ1) is 15.5. The predicted molar refractivity (Wildman–Crippen MR) is 79.0 cm³/mol. The maximum atomic E-state index is 6.21. The normalized spacial score (nSPS) is 12.6. The van der Waals surface area contributed by atoms with Crippen molar-refractivity contribution in [3.8, 4) is 0 Å². The van der Waals surface area contributed by atoms with Gasteiger partial charge in [-0.1, -0.05) is 57.6 Å². The summed E-state index contributed by atoms with van der Waals surface area (Å²) in [4.78, 5) is 4.05. The van der Waals surface area contributed by atoms with Crippen LogP contribution >= 0.6 is 11.6 Å². The first-order valence-electron chi connectivity index (χ1n) is 7.12. The molecule has 1 heterocycles. The van der Waals surface area contributed by atoms with E-state index in [4.69, 9.17) is 11.6 Å². The Balaban J connectivity index is 2.47. The number of pyridine rings is 1. The molecule has 2 nitrogen and oxygen atoms in total. The van der Waals surface area contributed by atoms with Crippen molar-refractivity contribution in [2.24, 2.45) is 0 Å². The summed E-state index contributed by atoms with van der Waals surface area (Å²) in [6.07, 6.45) is 11.3. The van der Waals surface area contributed by atoms with Gasteiger partial charge in [-0.2, -0.15) is 0 Å². The lowest BCUT2D eigenvalue weighted by atomic mass is 10.0. The molecule has 0 aliphatic carbocycles. The van der Waals surface area contributed by atoms with Crippen molar-refractivity contribution in [2.75, 3.05) is 6.54 Å². The largest absolute Gasteiger partial charge is 0.310 e. The second-order valence-electron chi connectivity index (χ2n) is 4.71. The molecule has 0 aromatic carbocycles. The van der Waals surface area contributed by atoms with E-state index in [-0.39, 0.29) is 0 Å². The average Bonchev–Trinajstić information content (AvgIpc) is 2.38. The standard InChI is InChI=1S/C15H25ClN2/c1-3-5-6-7-8-9-15(18-4-2)13-10-11-17-12-14(13)16/h10-12,15,18H,3-9H2,1-2H3. The third-order valence-corrected chi connectivity index (χ3v) is 3.54. The van der Waals surface area contributed by atoms with Crippen LogP contribution in [0.2, 0.25) is 5.02 Å². The van der Waals surface area contributed by atoms with E-state index in [9.17, 15) is 0 Å². The van der Waals surface area contributed by atoms with Crippen LogP contribution in [0.4, 0.5) is 0 Å². The minimum absolute atomic E-state index is 0.368. The number of hydrogen-bond donors (Lipinski definition) is 1. The van der Waals surface area contributed by atoms with Crippen molar-refractivity contribution in [3.63, 3.8) is 0 Å². The number of nitrogens with zero attached hydrogens (tertiary/aromatic N) is 1. The van der Waals surface area contributed by atoms with Gasteiger partial charge < -0.3 is 5.32 Å². The highest BCUT2D eigenvalue weighted by Gasteiger charge is 2.12. The SMILES string of the molecule is CCCCCCCC(NCC)c1ccncc1Cl. The second-order valence-corrected chi connectivity index (χ2v) is 5.12. The summed E-state index contributed by atoms with van der Waals surface area (Å²) >= 11 is 6.21. The fourth-order valence-electron chi connectivity index (χ4n) is 2.23. The fraction of sp³-hybridized carbons (Fsp3) is 0.667. The molecule has 18 heavy (non-hydrogen) atoms. The molecule has 0 fully saturated rings. The maximum Gasteiger partial charge on any atom is 0.0637 e. The Hall–Kier alpha value is -0.600. The minimum Gasteiger partial charge on any atom is -0.310 e. The minimum atomic E-state index is 0.368. The van der Waals surface area contributed by atoms with Gasteiger partial charge >= 0.3 is 0 Å². The molecule has 0 saturated heterocycles. The number of rotatable bonds is 9. The van der Waals surface area contributed by atoms with Crippen LogP contribution in [-0.4, -0.2) is 11.5 Å². The third kappa shape index (κ3) is 5.36. The molecule has 0 spiro atoms. The first-order valence-corrected chi connectivity index (χ1v) is 7.50. The van der Waals surface area contributed by atoms with Crippen LogP contribution in [0, 0.1) is 0 Å². The maximum absolute atomic E-state index is 6.21. The highest BCUT2D eigenvalue weighted by Crippen LogP contribution is 2.26. The third-order valence-electron chi connectivity index (χ3n) is 3.23.